The van der Waals surface area contributed by atoms with E-state index in [0.29, 0.717) is 0 Å². The Morgan fingerprint density at radius 2 is 1.93 bits per heavy atom. The second-order valence-electron chi connectivity index (χ2n) is 2.65. The van der Waals surface area contributed by atoms with E-state index in [1.807, 2.05) is 18.2 Å². The molecule has 0 radical (unpaired) electrons. The summed E-state index contributed by atoms with van der Waals surface area (Å²) in [5, 5.41) is 26.2. The van der Waals surface area contributed by atoms with Crippen molar-refractivity contribution in [3.63, 3.8) is 0 Å². The fraction of sp³-hybridized carbons (Fsp3) is 0.0909. The van der Waals surface area contributed by atoms with Gasteiger partial charge >= 0.3 is 0 Å². The number of hydrogen-bond acceptors (Lipinski definition) is 3. The van der Waals surface area contributed by atoms with Crippen molar-refractivity contribution in [1.29, 1.82) is 10.5 Å². The van der Waals surface area contributed by atoms with Crippen LogP contribution in [0.3, 0.4) is 0 Å². The van der Waals surface area contributed by atoms with Crippen molar-refractivity contribution >= 4 is 6.08 Å². The van der Waals surface area contributed by atoms with Crippen molar-refractivity contribution in [1.82, 2.24) is 0 Å². The van der Waals surface area contributed by atoms with E-state index in [0.717, 1.165) is 5.56 Å². The summed E-state index contributed by atoms with van der Waals surface area (Å²) in [5.74, 6) is 0. The SMILES string of the molecule is N#C/C(=C\c1ccccc1)C(O)C#N. The van der Waals surface area contributed by atoms with Gasteiger partial charge in [0.1, 0.15) is 0 Å². The van der Waals surface area contributed by atoms with E-state index in [1.54, 1.807) is 24.3 Å². The third kappa shape index (κ3) is 2.45. The molecule has 0 saturated heterocycles. The number of rotatable bonds is 2. The number of aliphatic hydroxyl groups is 1. The van der Waals surface area contributed by atoms with Crippen molar-refractivity contribution in [2.45, 2.75) is 6.10 Å². The molecule has 0 amide bonds. The van der Waals surface area contributed by atoms with Crippen LogP contribution in [-0.4, -0.2) is 11.2 Å². The molecule has 1 atom stereocenters. The number of hydrogen-bond donors (Lipinski definition) is 1. The molecule has 0 aliphatic rings. The van der Waals surface area contributed by atoms with E-state index in [2.05, 4.69) is 0 Å². The lowest BCUT2D eigenvalue weighted by Crippen LogP contribution is -2.04. The van der Waals surface area contributed by atoms with Crippen LogP contribution in [0.1, 0.15) is 5.56 Å². The predicted octanol–water partition coefficient (Wildman–Crippen LogP) is 1.48. The quantitative estimate of drug-likeness (QED) is 0.559. The Morgan fingerprint density at radius 3 is 2.43 bits per heavy atom. The molecule has 0 heterocycles. The maximum Gasteiger partial charge on any atom is 0.175 e. The molecular formula is C11H8N2O. The average Bonchev–Trinajstić information content (AvgIpc) is 2.26. The van der Waals surface area contributed by atoms with Crippen molar-refractivity contribution < 1.29 is 5.11 Å². The van der Waals surface area contributed by atoms with Crippen LogP contribution in [0.5, 0.6) is 0 Å². The Hall–Kier alpha value is -2.10. The number of nitriles is 2. The molecule has 1 aromatic carbocycles. The summed E-state index contributed by atoms with van der Waals surface area (Å²) in [6.07, 6.45) is 0.147. The minimum atomic E-state index is -1.35. The molecule has 3 nitrogen and oxygen atoms in total. The maximum absolute atomic E-state index is 9.13. The Bertz CT molecular complexity index is 409. The first kappa shape index (κ1) is 9.98. The van der Waals surface area contributed by atoms with Gasteiger partial charge < -0.3 is 5.11 Å². The zero-order chi connectivity index (χ0) is 10.4. The number of nitrogens with zero attached hydrogens (tertiary/aromatic N) is 2. The molecular weight excluding hydrogens is 176 g/mol. The lowest BCUT2D eigenvalue weighted by molar-refractivity contribution is 0.271. The van der Waals surface area contributed by atoms with Gasteiger partial charge in [0, 0.05) is 0 Å². The summed E-state index contributed by atoms with van der Waals surface area (Å²) < 4.78 is 0. The molecule has 1 rings (SSSR count). The van der Waals surface area contributed by atoms with E-state index >= 15 is 0 Å². The van der Waals surface area contributed by atoms with Crippen molar-refractivity contribution in [2.24, 2.45) is 0 Å². The molecule has 0 fully saturated rings. The predicted molar refractivity (Wildman–Crippen MR) is 51.7 cm³/mol. The van der Waals surface area contributed by atoms with Crippen molar-refractivity contribution in [2.75, 3.05) is 0 Å². The second-order valence-corrected chi connectivity index (χ2v) is 2.65. The highest BCUT2D eigenvalue weighted by molar-refractivity contribution is 5.59. The molecule has 68 valence electrons. The summed E-state index contributed by atoms with van der Waals surface area (Å²) in [7, 11) is 0. The highest BCUT2D eigenvalue weighted by Crippen LogP contribution is 2.08. The Morgan fingerprint density at radius 1 is 1.29 bits per heavy atom. The first-order chi connectivity index (χ1) is 6.77. The molecule has 0 aromatic heterocycles. The van der Waals surface area contributed by atoms with Crippen LogP contribution in [0.15, 0.2) is 35.9 Å². The van der Waals surface area contributed by atoms with Gasteiger partial charge in [0.2, 0.25) is 0 Å². The van der Waals surface area contributed by atoms with E-state index in [-0.39, 0.29) is 5.57 Å². The molecule has 0 spiro atoms. The summed E-state index contributed by atoms with van der Waals surface area (Å²) >= 11 is 0. The lowest BCUT2D eigenvalue weighted by Gasteiger charge is -1.98. The smallest absolute Gasteiger partial charge is 0.175 e. The first-order valence-corrected chi connectivity index (χ1v) is 4.02. The van der Waals surface area contributed by atoms with E-state index in [4.69, 9.17) is 15.6 Å². The van der Waals surface area contributed by atoms with Crippen LogP contribution in [0.25, 0.3) is 6.08 Å². The largest absolute Gasteiger partial charge is 0.373 e. The zero-order valence-corrected chi connectivity index (χ0v) is 7.38. The topological polar surface area (TPSA) is 67.8 Å². The monoisotopic (exact) mass is 184 g/mol. The highest BCUT2D eigenvalue weighted by Gasteiger charge is 2.07. The van der Waals surface area contributed by atoms with Gasteiger partial charge in [0.05, 0.1) is 17.7 Å². The molecule has 0 aliphatic heterocycles. The van der Waals surface area contributed by atoms with E-state index in [1.165, 1.54) is 6.08 Å². The zero-order valence-electron chi connectivity index (χ0n) is 7.38. The van der Waals surface area contributed by atoms with Gasteiger partial charge in [-0.05, 0) is 11.6 Å². The van der Waals surface area contributed by atoms with Crippen molar-refractivity contribution in [3.05, 3.63) is 41.5 Å². The number of benzene rings is 1. The molecule has 1 unspecified atom stereocenters. The van der Waals surface area contributed by atoms with Gasteiger partial charge in [-0.2, -0.15) is 10.5 Å². The Kier molecular flexibility index (Phi) is 3.43. The molecule has 1 N–H and O–H groups in total. The first-order valence-electron chi connectivity index (χ1n) is 4.02. The molecule has 0 aliphatic carbocycles. The second kappa shape index (κ2) is 4.81. The molecule has 0 bridgehead atoms. The van der Waals surface area contributed by atoms with Gasteiger partial charge in [-0.1, -0.05) is 30.3 Å². The van der Waals surface area contributed by atoms with E-state index < -0.39 is 6.10 Å². The lowest BCUT2D eigenvalue weighted by atomic mass is 10.1. The third-order valence-electron chi connectivity index (χ3n) is 1.67. The van der Waals surface area contributed by atoms with Gasteiger partial charge in [0.15, 0.2) is 6.10 Å². The normalized spacial score (nSPS) is 12.6. The molecule has 14 heavy (non-hydrogen) atoms. The summed E-state index contributed by atoms with van der Waals surface area (Å²) in [4.78, 5) is 0. The number of aliphatic hydroxyl groups excluding tert-OH is 1. The summed E-state index contributed by atoms with van der Waals surface area (Å²) in [5.41, 5.74) is 0.844. The van der Waals surface area contributed by atoms with E-state index in [9.17, 15) is 0 Å². The van der Waals surface area contributed by atoms with Crippen LogP contribution >= 0.6 is 0 Å². The summed E-state index contributed by atoms with van der Waals surface area (Å²) in [6.45, 7) is 0. The third-order valence-corrected chi connectivity index (χ3v) is 1.67. The van der Waals surface area contributed by atoms with Crippen molar-refractivity contribution in [3.8, 4) is 12.1 Å². The average molecular weight is 184 g/mol. The van der Waals surface area contributed by atoms with Crippen LogP contribution in [-0.2, 0) is 0 Å². The van der Waals surface area contributed by atoms with Gasteiger partial charge in [-0.15, -0.1) is 0 Å². The van der Waals surface area contributed by atoms with Gasteiger partial charge in [-0.3, -0.25) is 0 Å². The molecule has 1 aromatic rings. The Balaban J connectivity index is 2.99. The fourth-order valence-electron chi connectivity index (χ4n) is 0.971. The van der Waals surface area contributed by atoms with Gasteiger partial charge in [0.25, 0.3) is 0 Å². The van der Waals surface area contributed by atoms with Crippen LogP contribution in [0.2, 0.25) is 0 Å². The highest BCUT2D eigenvalue weighted by atomic mass is 16.3. The molecule has 3 heteroatoms. The Labute approximate surface area is 82.1 Å². The van der Waals surface area contributed by atoms with Crippen LogP contribution < -0.4 is 0 Å². The minimum absolute atomic E-state index is 0.0544. The maximum atomic E-state index is 9.13. The van der Waals surface area contributed by atoms with Crippen LogP contribution in [0.4, 0.5) is 0 Å². The standard InChI is InChI=1S/C11H8N2O/c12-7-10(11(14)8-13)6-9-4-2-1-3-5-9/h1-6,11,14H/b10-6+. The minimum Gasteiger partial charge on any atom is -0.373 e. The fourth-order valence-corrected chi connectivity index (χ4v) is 0.971. The molecule has 0 saturated carbocycles. The van der Waals surface area contributed by atoms with Crippen LogP contribution in [0, 0.1) is 22.7 Å². The van der Waals surface area contributed by atoms with Gasteiger partial charge in [-0.25, -0.2) is 0 Å². The summed E-state index contributed by atoms with van der Waals surface area (Å²) in [6, 6.07) is 12.5.